The van der Waals surface area contributed by atoms with Gasteiger partial charge in [0.05, 0.1) is 5.69 Å². The maximum atomic E-state index is 13.1. The van der Waals surface area contributed by atoms with Crippen LogP contribution in [0.1, 0.15) is 30.0 Å². The Morgan fingerprint density at radius 2 is 1.65 bits per heavy atom. The molecule has 210 valence electrons. The van der Waals surface area contributed by atoms with Crippen molar-refractivity contribution < 1.29 is 19.4 Å². The first kappa shape index (κ1) is 29.3. The molecular weight excluding hydrogens is 518 g/mol. The highest BCUT2D eigenvalue weighted by molar-refractivity contribution is 6.02. The average Bonchev–Trinajstić information content (AvgIpc) is 2.93. The van der Waals surface area contributed by atoms with Gasteiger partial charge in [-0.05, 0) is 35.4 Å². The molecule has 0 radical (unpaired) electrons. The fraction of sp³-hybridized carbons (Fsp3) is 0.231. The predicted molar refractivity (Wildman–Crippen MR) is 150 cm³/mol. The van der Waals surface area contributed by atoms with Gasteiger partial charge in [-0.1, -0.05) is 60.7 Å². The lowest BCUT2D eigenvalue weighted by Crippen LogP contribution is -2.48. The number of urea groups is 1. The number of anilines is 1. The molecule has 0 spiro atoms. The summed E-state index contributed by atoms with van der Waals surface area (Å²) in [5.41, 5.74) is 18.3. The molecule has 0 heterocycles. The van der Waals surface area contributed by atoms with E-state index >= 15 is 0 Å². The third kappa shape index (κ3) is 8.66. The van der Waals surface area contributed by atoms with Crippen molar-refractivity contribution in [3.05, 3.63) is 88.0 Å². The van der Waals surface area contributed by atoms with Gasteiger partial charge in [0.15, 0.2) is 5.03 Å². The molecular formula is C26H31N9O5. The minimum Gasteiger partial charge on any atom is -0.368 e. The molecule has 3 aromatic rings. The van der Waals surface area contributed by atoms with Crippen molar-refractivity contribution in [1.82, 2.24) is 16.0 Å². The molecule has 0 aliphatic carbocycles. The van der Waals surface area contributed by atoms with E-state index in [9.17, 15) is 24.5 Å². The molecule has 0 bridgehead atoms. The number of nitrogens with one attached hydrogen (secondary N) is 4. The number of nitrogens with zero attached hydrogens (tertiary/aromatic N) is 2. The number of carbonyl (C=O) groups excluding carboxylic acids is 3. The van der Waals surface area contributed by atoms with E-state index in [0.29, 0.717) is 17.7 Å². The summed E-state index contributed by atoms with van der Waals surface area (Å²) in [6.07, 6.45) is 0.528. The lowest BCUT2D eigenvalue weighted by molar-refractivity contribution is -0.485. The Morgan fingerprint density at radius 3 is 2.35 bits per heavy atom. The van der Waals surface area contributed by atoms with E-state index in [1.807, 2.05) is 36.4 Å². The van der Waals surface area contributed by atoms with Gasteiger partial charge in [0, 0.05) is 18.5 Å². The number of amides is 4. The Labute approximate surface area is 229 Å². The third-order valence-corrected chi connectivity index (χ3v) is 5.94. The molecule has 14 nitrogen and oxygen atoms in total. The number of hydrogen-bond donors (Lipinski definition) is 7. The zero-order chi connectivity index (χ0) is 29.1. The summed E-state index contributed by atoms with van der Waals surface area (Å²) in [5.74, 6) is -1.47. The van der Waals surface area contributed by atoms with E-state index in [1.54, 1.807) is 30.3 Å². The summed E-state index contributed by atoms with van der Waals surface area (Å²) in [4.78, 5) is 47.7. The minimum atomic E-state index is -0.937. The van der Waals surface area contributed by atoms with Crippen molar-refractivity contribution in [3.63, 3.8) is 0 Å². The number of fused-ring (bicyclic) bond motifs is 1. The zero-order valence-corrected chi connectivity index (χ0v) is 21.5. The monoisotopic (exact) mass is 549 g/mol. The first-order valence-electron chi connectivity index (χ1n) is 12.3. The maximum Gasteiger partial charge on any atom is 0.319 e. The molecule has 0 aromatic heterocycles. The number of carbonyl (C=O) groups is 3. The van der Waals surface area contributed by atoms with Crippen molar-refractivity contribution in [2.75, 3.05) is 11.9 Å². The molecule has 14 heteroatoms. The summed E-state index contributed by atoms with van der Waals surface area (Å²) < 4.78 is 0. The minimum absolute atomic E-state index is 0.148. The number of nitro groups is 1. The topological polar surface area (TPSA) is 233 Å². The van der Waals surface area contributed by atoms with Gasteiger partial charge in [-0.2, -0.15) is 0 Å². The second kappa shape index (κ2) is 14.1. The van der Waals surface area contributed by atoms with Gasteiger partial charge >= 0.3 is 6.03 Å². The predicted octanol–water partition coefficient (Wildman–Crippen LogP) is 1.01. The Balaban J connectivity index is 1.65. The Hall–Kier alpha value is -5.24. The maximum absolute atomic E-state index is 13.1. The van der Waals surface area contributed by atoms with Gasteiger partial charge < -0.3 is 38.5 Å². The molecule has 40 heavy (non-hydrogen) atoms. The molecule has 10 N–H and O–H groups in total. The number of benzene rings is 3. The first-order chi connectivity index (χ1) is 19.1. The quantitative estimate of drug-likeness (QED) is 0.0564. The van der Waals surface area contributed by atoms with E-state index in [-0.39, 0.29) is 25.5 Å². The Morgan fingerprint density at radius 1 is 0.950 bits per heavy atom. The fourth-order valence-corrected chi connectivity index (χ4v) is 3.89. The highest BCUT2D eigenvalue weighted by atomic mass is 16.7. The van der Waals surface area contributed by atoms with Gasteiger partial charge in [-0.25, -0.2) is 14.9 Å². The largest absolute Gasteiger partial charge is 0.368 e. The van der Waals surface area contributed by atoms with Crippen LogP contribution in [-0.4, -0.2) is 41.4 Å². The van der Waals surface area contributed by atoms with Crippen LogP contribution in [0.3, 0.4) is 0 Å². The summed E-state index contributed by atoms with van der Waals surface area (Å²) >= 11 is 0. The molecule has 0 fully saturated rings. The summed E-state index contributed by atoms with van der Waals surface area (Å²) in [6, 6.07) is 17.3. The molecule has 0 aliphatic rings. The van der Waals surface area contributed by atoms with Crippen molar-refractivity contribution in [3.8, 4) is 0 Å². The van der Waals surface area contributed by atoms with E-state index in [4.69, 9.17) is 17.2 Å². The van der Waals surface area contributed by atoms with Crippen LogP contribution in [0.25, 0.3) is 10.8 Å². The smallest absolute Gasteiger partial charge is 0.319 e. The summed E-state index contributed by atoms with van der Waals surface area (Å²) in [6.45, 7) is 0.329. The lowest BCUT2D eigenvalue weighted by atomic mass is 10.0. The standard InChI is InChI=1S/C26H31N9O5/c27-22(23(28)36)18-12-10-16(11-13-18)15-31-24(37)21(9-4-14-30-25(29)34-35(39)40)33-26(38)32-20-8-3-6-17-5-1-2-7-19(17)20/h1-3,5-8,10-13,21-22H,4,9,14-15,27H2,(H2,28,36)(H,31,37)(H3,29,30,34)(H2,32,33,38)/t21-,22?/m1/s1. The zero-order valence-electron chi connectivity index (χ0n) is 21.5. The summed E-state index contributed by atoms with van der Waals surface area (Å²) in [7, 11) is 0. The van der Waals surface area contributed by atoms with Crippen LogP contribution >= 0.6 is 0 Å². The van der Waals surface area contributed by atoms with E-state index < -0.39 is 35.0 Å². The van der Waals surface area contributed by atoms with Crippen molar-refractivity contribution in [2.24, 2.45) is 22.3 Å². The number of hydrogen-bond acceptors (Lipinski definition) is 6. The molecule has 3 rings (SSSR count). The summed E-state index contributed by atoms with van der Waals surface area (Å²) in [5, 5.41) is 25.1. The highest BCUT2D eigenvalue weighted by Gasteiger charge is 2.21. The molecule has 0 saturated carbocycles. The van der Waals surface area contributed by atoms with Crippen molar-refractivity contribution >= 4 is 40.3 Å². The van der Waals surface area contributed by atoms with Crippen LogP contribution in [0.2, 0.25) is 0 Å². The SMILES string of the molecule is NC(=O)C(N)c1ccc(CNC(=O)[C@@H](CCCN/C(N)=N\[N+](=O)[O-])NC(=O)Nc2cccc3ccccc23)cc1. The van der Waals surface area contributed by atoms with Crippen LogP contribution in [-0.2, 0) is 16.1 Å². The number of nitrogens with two attached hydrogens (primary N) is 3. The van der Waals surface area contributed by atoms with Crippen molar-refractivity contribution in [1.29, 1.82) is 0 Å². The average molecular weight is 550 g/mol. The van der Waals surface area contributed by atoms with Gasteiger partial charge in [0.2, 0.25) is 11.8 Å². The van der Waals surface area contributed by atoms with E-state index in [1.165, 1.54) is 0 Å². The number of primary amides is 1. The van der Waals surface area contributed by atoms with Gasteiger partial charge in [0.25, 0.3) is 5.96 Å². The van der Waals surface area contributed by atoms with Crippen molar-refractivity contribution in [2.45, 2.75) is 31.5 Å². The van der Waals surface area contributed by atoms with Crippen LogP contribution < -0.4 is 38.5 Å². The van der Waals surface area contributed by atoms with Crippen LogP contribution in [0, 0.1) is 10.1 Å². The van der Waals surface area contributed by atoms with E-state index in [2.05, 4.69) is 26.4 Å². The van der Waals surface area contributed by atoms with Gasteiger partial charge in [-0.15, -0.1) is 0 Å². The van der Waals surface area contributed by atoms with Gasteiger partial charge in [-0.3, -0.25) is 9.59 Å². The number of guanidine groups is 1. The normalized spacial score (nSPS) is 12.7. The second-order valence-corrected chi connectivity index (χ2v) is 8.81. The highest BCUT2D eigenvalue weighted by Crippen LogP contribution is 2.22. The Kier molecular flexibility index (Phi) is 10.3. The lowest BCUT2D eigenvalue weighted by Gasteiger charge is -2.19. The molecule has 0 saturated heterocycles. The van der Waals surface area contributed by atoms with Crippen LogP contribution in [0.15, 0.2) is 71.8 Å². The Bertz CT molecular complexity index is 1390. The first-order valence-corrected chi connectivity index (χ1v) is 12.3. The van der Waals surface area contributed by atoms with E-state index in [0.717, 1.165) is 16.3 Å². The number of hydrazone groups is 1. The van der Waals surface area contributed by atoms with Crippen LogP contribution in [0.4, 0.5) is 10.5 Å². The second-order valence-electron chi connectivity index (χ2n) is 8.81. The molecule has 0 aliphatic heterocycles. The molecule has 3 aromatic carbocycles. The van der Waals surface area contributed by atoms with Gasteiger partial charge in [0.1, 0.15) is 17.2 Å². The third-order valence-electron chi connectivity index (χ3n) is 5.94. The molecule has 4 amide bonds. The molecule has 1 unspecified atom stereocenters. The number of rotatable bonds is 12. The molecule has 2 atom stereocenters. The van der Waals surface area contributed by atoms with Crippen LogP contribution in [0.5, 0.6) is 0 Å². The fourth-order valence-electron chi connectivity index (χ4n) is 3.89.